The lowest BCUT2D eigenvalue weighted by molar-refractivity contribution is 0.0906. The number of carbonyl (C=O) groups is 1. The van der Waals surface area contributed by atoms with Gasteiger partial charge in [0.2, 0.25) is 0 Å². The van der Waals surface area contributed by atoms with Crippen molar-refractivity contribution in [2.45, 2.75) is 25.8 Å². The summed E-state index contributed by atoms with van der Waals surface area (Å²) in [6.45, 7) is 3.76. The van der Waals surface area contributed by atoms with Gasteiger partial charge in [-0.2, -0.15) is 0 Å². The van der Waals surface area contributed by atoms with Crippen LogP contribution >= 0.6 is 15.9 Å². The van der Waals surface area contributed by atoms with Gasteiger partial charge in [0.15, 0.2) is 0 Å². The highest BCUT2D eigenvalue weighted by molar-refractivity contribution is 9.09. The summed E-state index contributed by atoms with van der Waals surface area (Å²) in [7, 11) is 0. The third kappa shape index (κ3) is 3.63. The summed E-state index contributed by atoms with van der Waals surface area (Å²) in [4.78, 5) is 11.9. The maximum absolute atomic E-state index is 11.9. The Balaban J connectivity index is 2.91. The molecule has 5 heteroatoms. The fraction of sp³-hybridized carbons (Fsp3) is 0.417. The molecule has 0 radical (unpaired) electrons. The van der Waals surface area contributed by atoms with E-state index >= 15 is 0 Å². The molecule has 0 bridgehead atoms. The molecule has 0 atom stereocenters. The Labute approximate surface area is 109 Å². The van der Waals surface area contributed by atoms with Gasteiger partial charge in [0.1, 0.15) is 17.1 Å². The summed E-state index contributed by atoms with van der Waals surface area (Å²) in [5.74, 6) is -0.930. The maximum Gasteiger partial charge on any atom is 0.259 e. The molecule has 17 heavy (non-hydrogen) atoms. The van der Waals surface area contributed by atoms with Gasteiger partial charge in [0.05, 0.1) is 0 Å². The first-order valence-corrected chi connectivity index (χ1v) is 6.39. The zero-order valence-electron chi connectivity index (χ0n) is 9.83. The molecule has 0 saturated heterocycles. The van der Waals surface area contributed by atoms with Gasteiger partial charge < -0.3 is 15.5 Å². The number of amides is 1. The minimum atomic E-state index is -0.480. The summed E-state index contributed by atoms with van der Waals surface area (Å²) in [6, 6.07) is 4.21. The second-order valence-corrected chi connectivity index (χ2v) is 5.24. The Morgan fingerprint density at radius 2 is 1.88 bits per heavy atom. The quantitative estimate of drug-likeness (QED) is 0.748. The van der Waals surface area contributed by atoms with Crippen LogP contribution in [0, 0.1) is 0 Å². The molecule has 0 aliphatic carbocycles. The van der Waals surface area contributed by atoms with Crippen molar-refractivity contribution in [3.8, 4) is 11.5 Å². The molecule has 1 amide bonds. The highest BCUT2D eigenvalue weighted by Crippen LogP contribution is 2.26. The van der Waals surface area contributed by atoms with Gasteiger partial charge in [-0.1, -0.05) is 22.0 Å². The van der Waals surface area contributed by atoms with Crippen molar-refractivity contribution >= 4 is 21.8 Å². The average Bonchev–Trinajstić information content (AvgIpc) is 2.15. The molecule has 0 aliphatic rings. The molecular formula is C12H16BrNO3. The number of phenolic OH excluding ortho intramolecular Hbond substituents is 2. The summed E-state index contributed by atoms with van der Waals surface area (Å²) >= 11 is 3.31. The van der Waals surface area contributed by atoms with Crippen molar-refractivity contribution in [3.05, 3.63) is 23.8 Å². The number of phenols is 2. The van der Waals surface area contributed by atoms with Crippen LogP contribution in [0.5, 0.6) is 11.5 Å². The van der Waals surface area contributed by atoms with Crippen molar-refractivity contribution in [2.24, 2.45) is 0 Å². The predicted octanol–water partition coefficient (Wildman–Crippen LogP) is 2.39. The lowest BCUT2D eigenvalue weighted by Crippen LogP contribution is -2.43. The van der Waals surface area contributed by atoms with E-state index in [2.05, 4.69) is 21.2 Å². The first-order chi connectivity index (χ1) is 7.87. The molecule has 0 aliphatic heterocycles. The Bertz CT molecular complexity index is 398. The highest BCUT2D eigenvalue weighted by Gasteiger charge is 2.23. The molecule has 94 valence electrons. The van der Waals surface area contributed by atoms with Gasteiger partial charge in [0, 0.05) is 10.9 Å². The van der Waals surface area contributed by atoms with Gasteiger partial charge in [-0.3, -0.25) is 4.79 Å². The summed E-state index contributed by atoms with van der Waals surface area (Å²) in [5.41, 5.74) is -0.495. The van der Waals surface area contributed by atoms with Crippen LogP contribution in [-0.2, 0) is 0 Å². The van der Waals surface area contributed by atoms with E-state index in [0.717, 1.165) is 11.8 Å². The minimum Gasteiger partial charge on any atom is -0.507 e. The molecule has 0 heterocycles. The van der Waals surface area contributed by atoms with E-state index in [-0.39, 0.29) is 17.1 Å². The van der Waals surface area contributed by atoms with E-state index in [1.807, 2.05) is 13.8 Å². The standard InChI is InChI=1S/C12H16BrNO3/c1-12(2,6-7-13)14-11(17)10-8(15)4-3-5-9(10)16/h3-5,15-16H,6-7H2,1-2H3,(H,14,17). The fourth-order valence-corrected chi connectivity index (χ4v) is 2.42. The lowest BCUT2D eigenvalue weighted by atomic mass is 10.0. The summed E-state index contributed by atoms with van der Waals surface area (Å²) in [6.07, 6.45) is 0.743. The number of aromatic hydroxyl groups is 2. The van der Waals surface area contributed by atoms with E-state index in [1.165, 1.54) is 18.2 Å². The van der Waals surface area contributed by atoms with Crippen LogP contribution in [0.3, 0.4) is 0 Å². The molecule has 0 unspecified atom stereocenters. The minimum absolute atomic E-state index is 0.0878. The molecule has 0 spiro atoms. The average molecular weight is 302 g/mol. The van der Waals surface area contributed by atoms with Crippen LogP contribution < -0.4 is 5.32 Å². The zero-order chi connectivity index (χ0) is 13.1. The number of benzene rings is 1. The van der Waals surface area contributed by atoms with E-state index in [9.17, 15) is 15.0 Å². The van der Waals surface area contributed by atoms with Crippen LogP contribution in [0.4, 0.5) is 0 Å². The number of hydrogen-bond acceptors (Lipinski definition) is 3. The largest absolute Gasteiger partial charge is 0.507 e. The van der Waals surface area contributed by atoms with Gasteiger partial charge >= 0.3 is 0 Å². The van der Waals surface area contributed by atoms with Crippen molar-refractivity contribution in [1.29, 1.82) is 0 Å². The molecule has 0 saturated carbocycles. The Morgan fingerprint density at radius 1 is 1.35 bits per heavy atom. The molecule has 4 nitrogen and oxygen atoms in total. The normalized spacial score (nSPS) is 11.2. The molecule has 3 N–H and O–H groups in total. The molecular weight excluding hydrogens is 286 g/mol. The number of nitrogens with one attached hydrogen (secondary N) is 1. The van der Waals surface area contributed by atoms with Gasteiger partial charge in [-0.15, -0.1) is 0 Å². The lowest BCUT2D eigenvalue weighted by Gasteiger charge is -2.25. The zero-order valence-corrected chi connectivity index (χ0v) is 11.4. The topological polar surface area (TPSA) is 69.6 Å². The van der Waals surface area contributed by atoms with E-state index < -0.39 is 11.4 Å². The molecule has 1 rings (SSSR count). The van der Waals surface area contributed by atoms with Crippen LogP contribution in [0.15, 0.2) is 18.2 Å². The van der Waals surface area contributed by atoms with E-state index in [0.29, 0.717) is 0 Å². The fourth-order valence-electron chi connectivity index (χ4n) is 1.43. The molecule has 0 fully saturated rings. The van der Waals surface area contributed by atoms with Gasteiger partial charge in [-0.05, 0) is 32.4 Å². The van der Waals surface area contributed by atoms with Crippen LogP contribution in [0.25, 0.3) is 0 Å². The summed E-state index contributed by atoms with van der Waals surface area (Å²) < 4.78 is 0. The highest BCUT2D eigenvalue weighted by atomic mass is 79.9. The van der Waals surface area contributed by atoms with Crippen LogP contribution in [0.1, 0.15) is 30.6 Å². The summed E-state index contributed by atoms with van der Waals surface area (Å²) in [5, 5.41) is 22.6. The third-order valence-corrected chi connectivity index (χ3v) is 2.82. The first kappa shape index (κ1) is 13.8. The Hall–Kier alpha value is -1.23. The van der Waals surface area contributed by atoms with E-state index in [1.54, 1.807) is 0 Å². The maximum atomic E-state index is 11.9. The number of hydrogen-bond donors (Lipinski definition) is 3. The molecule has 1 aromatic carbocycles. The van der Waals surface area contributed by atoms with Crippen molar-refractivity contribution in [3.63, 3.8) is 0 Å². The number of carbonyl (C=O) groups excluding carboxylic acids is 1. The second-order valence-electron chi connectivity index (χ2n) is 4.45. The SMILES string of the molecule is CC(C)(CCBr)NC(=O)c1c(O)cccc1O. The number of halogens is 1. The number of rotatable bonds is 4. The van der Waals surface area contributed by atoms with Gasteiger partial charge in [0.25, 0.3) is 5.91 Å². The van der Waals surface area contributed by atoms with Crippen molar-refractivity contribution in [1.82, 2.24) is 5.32 Å². The monoisotopic (exact) mass is 301 g/mol. The second kappa shape index (κ2) is 5.40. The van der Waals surface area contributed by atoms with E-state index in [4.69, 9.17) is 0 Å². The van der Waals surface area contributed by atoms with Crippen LogP contribution in [0.2, 0.25) is 0 Å². The van der Waals surface area contributed by atoms with Crippen molar-refractivity contribution < 1.29 is 15.0 Å². The van der Waals surface area contributed by atoms with Gasteiger partial charge in [-0.25, -0.2) is 0 Å². The van der Waals surface area contributed by atoms with Crippen molar-refractivity contribution in [2.75, 3.05) is 5.33 Å². The number of alkyl halides is 1. The molecule has 0 aromatic heterocycles. The first-order valence-electron chi connectivity index (χ1n) is 5.27. The Kier molecular flexibility index (Phi) is 4.40. The predicted molar refractivity (Wildman–Crippen MR) is 69.7 cm³/mol. The smallest absolute Gasteiger partial charge is 0.259 e. The van der Waals surface area contributed by atoms with Crippen LogP contribution in [-0.4, -0.2) is 27.0 Å². The Morgan fingerprint density at radius 3 is 2.35 bits per heavy atom. The third-order valence-electron chi connectivity index (χ3n) is 2.42. The molecule has 1 aromatic rings.